The molecule has 174 valence electrons. The van der Waals surface area contributed by atoms with E-state index in [0.717, 1.165) is 0 Å². The van der Waals surface area contributed by atoms with Gasteiger partial charge >= 0.3 is 0 Å². The number of tetrazole rings is 1. The average Bonchev–Trinajstić information content (AvgIpc) is 3.19. The number of carbonyl (C=O) groups is 1. The molecule has 1 aromatic carbocycles. The number of alkyl halides is 2. The number of piperidine rings is 1. The molecule has 4 rings (SSSR count). The normalized spacial score (nSPS) is 20.0. The maximum atomic E-state index is 14.6. The van der Waals surface area contributed by atoms with Crippen LogP contribution in [0, 0.1) is 5.92 Å². The molecule has 1 saturated heterocycles. The first-order valence-electron chi connectivity index (χ1n) is 10.1. The van der Waals surface area contributed by atoms with Crippen molar-refractivity contribution in [1.29, 1.82) is 0 Å². The van der Waals surface area contributed by atoms with Crippen molar-refractivity contribution in [3.63, 3.8) is 0 Å². The van der Waals surface area contributed by atoms with Crippen molar-refractivity contribution in [1.82, 2.24) is 35.1 Å². The third-order valence-electron chi connectivity index (χ3n) is 5.39. The van der Waals surface area contributed by atoms with E-state index < -0.39 is 30.3 Å². The standard InChI is InChI=1S/C20H20Cl2F2N8O/c1-11-6-20(23,24)10-32(16(11)9-27-19-25-7-13(22)8-26-19)18(33)15-5-12(21)3-4-14(15)17-28-30-31(2)29-17/h3-5,7-8,11,16H,6,9-10H2,1-2H3,(H,25,26,27). The van der Waals surface area contributed by atoms with Crippen LogP contribution in [0.25, 0.3) is 11.4 Å². The molecule has 0 radical (unpaired) electrons. The molecule has 0 spiro atoms. The van der Waals surface area contributed by atoms with Crippen molar-refractivity contribution < 1.29 is 13.6 Å². The van der Waals surface area contributed by atoms with Gasteiger partial charge in [0.05, 0.1) is 42.6 Å². The van der Waals surface area contributed by atoms with Crippen molar-refractivity contribution in [2.24, 2.45) is 13.0 Å². The summed E-state index contributed by atoms with van der Waals surface area (Å²) >= 11 is 12.0. The molecule has 1 amide bonds. The van der Waals surface area contributed by atoms with Crippen molar-refractivity contribution in [3.05, 3.63) is 46.2 Å². The number of halogens is 4. The largest absolute Gasteiger partial charge is 0.352 e. The number of aryl methyl sites for hydroxylation is 1. The van der Waals surface area contributed by atoms with Crippen LogP contribution in [0.3, 0.4) is 0 Å². The molecule has 2 aromatic heterocycles. The van der Waals surface area contributed by atoms with Gasteiger partial charge in [0.15, 0.2) is 0 Å². The molecular formula is C20H20Cl2F2N8O. The van der Waals surface area contributed by atoms with Crippen LogP contribution < -0.4 is 5.32 Å². The van der Waals surface area contributed by atoms with Gasteiger partial charge in [0.25, 0.3) is 11.8 Å². The van der Waals surface area contributed by atoms with E-state index in [1.165, 1.54) is 28.2 Å². The molecule has 1 aliphatic heterocycles. The Bertz CT molecular complexity index is 1160. The van der Waals surface area contributed by atoms with E-state index in [4.69, 9.17) is 23.2 Å². The smallest absolute Gasteiger partial charge is 0.265 e. The molecule has 0 aliphatic carbocycles. The second-order valence-corrected chi connectivity index (χ2v) is 8.81. The maximum Gasteiger partial charge on any atom is 0.265 e. The zero-order valence-corrected chi connectivity index (χ0v) is 19.2. The van der Waals surface area contributed by atoms with Crippen LogP contribution in [0.4, 0.5) is 14.7 Å². The molecule has 3 heterocycles. The monoisotopic (exact) mass is 496 g/mol. The number of amides is 1. The Morgan fingerprint density at radius 2 is 1.97 bits per heavy atom. The average molecular weight is 497 g/mol. The molecule has 9 nitrogen and oxygen atoms in total. The summed E-state index contributed by atoms with van der Waals surface area (Å²) in [5, 5.41) is 15.5. The van der Waals surface area contributed by atoms with E-state index in [-0.39, 0.29) is 35.3 Å². The molecule has 13 heteroatoms. The third-order valence-corrected chi connectivity index (χ3v) is 5.82. The second kappa shape index (κ2) is 9.14. The first-order valence-corrected chi connectivity index (χ1v) is 10.8. The topological polar surface area (TPSA) is 102 Å². The predicted molar refractivity (Wildman–Crippen MR) is 118 cm³/mol. The number of rotatable bonds is 5. The zero-order valence-electron chi connectivity index (χ0n) is 17.7. The summed E-state index contributed by atoms with van der Waals surface area (Å²) in [5.74, 6) is -3.67. The molecule has 1 fully saturated rings. The summed E-state index contributed by atoms with van der Waals surface area (Å²) in [7, 11) is 1.58. The Kier molecular flexibility index (Phi) is 6.44. The van der Waals surface area contributed by atoms with Crippen LogP contribution in [0.5, 0.6) is 0 Å². The van der Waals surface area contributed by atoms with Crippen LogP contribution in [-0.4, -0.2) is 66.0 Å². The number of benzene rings is 1. The Morgan fingerprint density at radius 1 is 1.24 bits per heavy atom. The van der Waals surface area contributed by atoms with Gasteiger partial charge in [-0.25, -0.2) is 18.7 Å². The number of likely N-dealkylation sites (tertiary alicyclic amines) is 1. The number of aromatic nitrogens is 6. The van der Waals surface area contributed by atoms with Crippen LogP contribution >= 0.6 is 23.2 Å². The molecular weight excluding hydrogens is 477 g/mol. The summed E-state index contributed by atoms with van der Waals surface area (Å²) in [6.45, 7) is 1.12. The number of hydrogen-bond acceptors (Lipinski definition) is 7. The Balaban J connectivity index is 1.67. The lowest BCUT2D eigenvalue weighted by molar-refractivity contribution is -0.0897. The second-order valence-electron chi connectivity index (χ2n) is 7.94. The SMILES string of the molecule is CC1CC(F)(F)CN(C(=O)c2cc(Cl)ccc2-c2nnn(C)n2)C1CNc1ncc(Cl)cn1. The number of nitrogens with zero attached hydrogens (tertiary/aromatic N) is 7. The molecule has 0 saturated carbocycles. The van der Waals surface area contributed by atoms with Gasteiger partial charge in [-0.1, -0.05) is 30.1 Å². The summed E-state index contributed by atoms with van der Waals surface area (Å²) in [4.78, 5) is 24.2. The van der Waals surface area contributed by atoms with Crippen LogP contribution in [0.15, 0.2) is 30.6 Å². The zero-order chi connectivity index (χ0) is 23.8. The molecule has 3 aromatic rings. The number of anilines is 1. The summed E-state index contributed by atoms with van der Waals surface area (Å²) < 4.78 is 29.1. The Morgan fingerprint density at radius 3 is 2.64 bits per heavy atom. The van der Waals surface area contributed by atoms with Crippen LogP contribution in [0.1, 0.15) is 23.7 Å². The lowest BCUT2D eigenvalue weighted by Gasteiger charge is -2.43. The number of hydrogen-bond donors (Lipinski definition) is 1. The van der Waals surface area contributed by atoms with Crippen molar-refractivity contribution in [3.8, 4) is 11.4 Å². The third kappa shape index (κ3) is 5.19. The molecule has 1 N–H and O–H groups in total. The summed E-state index contributed by atoms with van der Waals surface area (Å²) in [6.07, 6.45) is 2.49. The van der Waals surface area contributed by atoms with E-state index in [2.05, 4.69) is 30.7 Å². The number of nitrogens with one attached hydrogen (secondary N) is 1. The predicted octanol–water partition coefficient (Wildman–Crippen LogP) is 3.57. The van der Waals surface area contributed by atoms with E-state index in [9.17, 15) is 13.6 Å². The molecule has 2 atom stereocenters. The fourth-order valence-corrected chi connectivity index (χ4v) is 4.18. The van der Waals surface area contributed by atoms with Gasteiger partial charge in [-0.2, -0.15) is 4.80 Å². The van der Waals surface area contributed by atoms with Crippen molar-refractivity contribution >= 4 is 35.1 Å². The van der Waals surface area contributed by atoms with Gasteiger partial charge in [-0.15, -0.1) is 10.2 Å². The van der Waals surface area contributed by atoms with Gasteiger partial charge in [0.1, 0.15) is 0 Å². The fraction of sp³-hybridized carbons (Fsp3) is 0.400. The highest BCUT2D eigenvalue weighted by molar-refractivity contribution is 6.31. The minimum absolute atomic E-state index is 0.119. The Labute approximate surface area is 198 Å². The highest BCUT2D eigenvalue weighted by atomic mass is 35.5. The lowest BCUT2D eigenvalue weighted by atomic mass is 9.87. The first-order chi connectivity index (χ1) is 15.6. The van der Waals surface area contributed by atoms with Gasteiger partial charge in [0, 0.05) is 23.6 Å². The summed E-state index contributed by atoms with van der Waals surface area (Å²) in [6, 6.07) is 4.03. The van der Waals surface area contributed by atoms with Gasteiger partial charge < -0.3 is 10.2 Å². The van der Waals surface area contributed by atoms with Crippen LogP contribution in [0.2, 0.25) is 10.0 Å². The minimum atomic E-state index is -3.04. The van der Waals surface area contributed by atoms with Crippen LogP contribution in [-0.2, 0) is 7.05 Å². The molecule has 33 heavy (non-hydrogen) atoms. The van der Waals surface area contributed by atoms with E-state index in [0.29, 0.717) is 10.6 Å². The molecule has 1 aliphatic rings. The summed E-state index contributed by atoms with van der Waals surface area (Å²) in [5.41, 5.74) is 0.472. The van der Waals surface area contributed by atoms with E-state index in [1.807, 2.05) is 0 Å². The van der Waals surface area contributed by atoms with E-state index >= 15 is 0 Å². The van der Waals surface area contributed by atoms with Gasteiger partial charge in [-0.05, 0) is 29.3 Å². The molecule has 2 unspecified atom stereocenters. The highest BCUT2D eigenvalue weighted by Gasteiger charge is 2.46. The quantitative estimate of drug-likeness (QED) is 0.575. The molecule has 0 bridgehead atoms. The van der Waals surface area contributed by atoms with Crippen molar-refractivity contribution in [2.75, 3.05) is 18.4 Å². The maximum absolute atomic E-state index is 14.6. The van der Waals surface area contributed by atoms with Crippen molar-refractivity contribution in [2.45, 2.75) is 25.3 Å². The van der Waals surface area contributed by atoms with E-state index in [1.54, 1.807) is 26.1 Å². The fourth-order valence-electron chi connectivity index (χ4n) is 3.91. The first kappa shape index (κ1) is 23.2. The Hall–Kier alpha value is -2.92. The van der Waals surface area contributed by atoms with Gasteiger partial charge in [0.2, 0.25) is 11.8 Å². The number of carbonyl (C=O) groups excluding carboxylic acids is 1. The lowest BCUT2D eigenvalue weighted by Crippen LogP contribution is -2.57. The van der Waals surface area contributed by atoms with Gasteiger partial charge in [-0.3, -0.25) is 4.79 Å². The highest BCUT2D eigenvalue weighted by Crippen LogP contribution is 2.36. The minimum Gasteiger partial charge on any atom is -0.352 e.